The Balaban J connectivity index is 0.000000489. The predicted octanol–water partition coefficient (Wildman–Crippen LogP) is 7.73. The van der Waals surface area contributed by atoms with E-state index in [2.05, 4.69) is 130 Å². The molecule has 2 aromatic carbocycles. The zero-order valence-corrected chi connectivity index (χ0v) is 25.9. The number of unbranched alkanes of at least 4 members (excludes halogenated alkanes) is 5. The number of benzene rings is 2. The zero-order valence-electron chi connectivity index (χ0n) is 22.7. The van der Waals surface area contributed by atoms with Crippen LogP contribution in [0.4, 0.5) is 0 Å². The molecule has 0 aliphatic rings. The van der Waals surface area contributed by atoms with Gasteiger partial charge in [-0.1, -0.05) is 150 Å². The van der Waals surface area contributed by atoms with Gasteiger partial charge >= 0.3 is 0 Å². The van der Waals surface area contributed by atoms with E-state index in [1.54, 1.807) is 0 Å². The SMILES string of the molecule is CC(C)(C)[Si](OCCCCCI)(c1ccccc1)c1ccccc1.CCCCCCNC(C)C. The summed E-state index contributed by atoms with van der Waals surface area (Å²) < 4.78 is 8.08. The molecule has 0 atom stereocenters. The maximum absolute atomic E-state index is 6.85. The minimum atomic E-state index is -2.31. The van der Waals surface area contributed by atoms with Gasteiger partial charge in [0, 0.05) is 12.6 Å². The van der Waals surface area contributed by atoms with E-state index in [9.17, 15) is 0 Å². The quantitative estimate of drug-likeness (QED) is 0.104. The van der Waals surface area contributed by atoms with E-state index in [1.807, 2.05) is 0 Å². The molecule has 0 heterocycles. The highest BCUT2D eigenvalue weighted by molar-refractivity contribution is 14.1. The molecule has 0 fully saturated rings. The van der Waals surface area contributed by atoms with Crippen molar-refractivity contribution in [3.05, 3.63) is 60.7 Å². The van der Waals surface area contributed by atoms with Crippen LogP contribution in [0.2, 0.25) is 5.04 Å². The Labute approximate surface area is 225 Å². The summed E-state index contributed by atoms with van der Waals surface area (Å²) in [6.07, 6.45) is 9.13. The Morgan fingerprint density at radius 3 is 1.76 bits per heavy atom. The van der Waals surface area contributed by atoms with E-state index in [0.717, 1.165) is 13.0 Å². The maximum Gasteiger partial charge on any atom is 0.261 e. The largest absolute Gasteiger partial charge is 0.407 e. The average Bonchev–Trinajstić information content (AvgIpc) is 2.82. The predicted molar refractivity (Wildman–Crippen MR) is 164 cm³/mol. The van der Waals surface area contributed by atoms with Crippen LogP contribution in [0, 0.1) is 0 Å². The van der Waals surface area contributed by atoms with Crippen LogP contribution < -0.4 is 15.7 Å². The molecule has 4 heteroatoms. The van der Waals surface area contributed by atoms with Gasteiger partial charge in [0.25, 0.3) is 8.32 Å². The fourth-order valence-corrected chi connectivity index (χ4v) is 9.45. The van der Waals surface area contributed by atoms with E-state index in [1.165, 1.54) is 59.9 Å². The molecule has 2 rings (SSSR count). The average molecular weight is 596 g/mol. The molecule has 0 amide bonds. The van der Waals surface area contributed by atoms with Gasteiger partial charge in [-0.2, -0.15) is 0 Å². The monoisotopic (exact) mass is 595 g/mol. The van der Waals surface area contributed by atoms with Crippen LogP contribution in [-0.2, 0) is 4.43 Å². The molecule has 34 heavy (non-hydrogen) atoms. The van der Waals surface area contributed by atoms with Crippen molar-refractivity contribution in [3.63, 3.8) is 0 Å². The topological polar surface area (TPSA) is 21.3 Å². The molecular formula is C30H50INOSi. The van der Waals surface area contributed by atoms with Gasteiger partial charge in [-0.05, 0) is 45.6 Å². The van der Waals surface area contributed by atoms with E-state index in [-0.39, 0.29) is 5.04 Å². The van der Waals surface area contributed by atoms with Crippen LogP contribution in [0.5, 0.6) is 0 Å². The van der Waals surface area contributed by atoms with Crippen molar-refractivity contribution in [3.8, 4) is 0 Å². The van der Waals surface area contributed by atoms with Crippen LogP contribution >= 0.6 is 22.6 Å². The third-order valence-corrected chi connectivity index (χ3v) is 11.9. The van der Waals surface area contributed by atoms with E-state index >= 15 is 0 Å². The Kier molecular flexibility index (Phi) is 16.3. The summed E-state index contributed by atoms with van der Waals surface area (Å²) >= 11 is 2.45. The van der Waals surface area contributed by atoms with E-state index < -0.39 is 8.32 Å². The highest BCUT2D eigenvalue weighted by atomic mass is 127. The van der Waals surface area contributed by atoms with Crippen LogP contribution in [-0.4, -0.2) is 31.9 Å². The molecule has 192 valence electrons. The number of hydrogen-bond donors (Lipinski definition) is 1. The standard InChI is InChI=1S/C21H29IOSi.C9H21N/c1-21(2,3)24(19-13-7-4-8-14-19,20-15-9-5-10-16-20)23-18-12-6-11-17-22;1-4-5-6-7-8-10-9(2)3/h4-5,7-10,13-16H,6,11-12,17-18H2,1-3H3;9-10H,4-8H2,1-3H3. The number of alkyl halides is 1. The van der Waals surface area contributed by atoms with Crippen molar-refractivity contribution in [1.29, 1.82) is 0 Å². The maximum atomic E-state index is 6.85. The second kappa shape index (κ2) is 17.7. The fourth-order valence-electron chi connectivity index (χ4n) is 4.30. The van der Waals surface area contributed by atoms with Crippen molar-refractivity contribution in [2.24, 2.45) is 0 Å². The summed E-state index contributed by atoms with van der Waals surface area (Å²) in [5, 5.41) is 6.23. The Morgan fingerprint density at radius 1 is 0.794 bits per heavy atom. The molecule has 0 aliphatic carbocycles. The van der Waals surface area contributed by atoms with Crippen molar-refractivity contribution >= 4 is 41.3 Å². The van der Waals surface area contributed by atoms with Crippen LogP contribution in [0.15, 0.2) is 60.7 Å². The van der Waals surface area contributed by atoms with Gasteiger partial charge in [-0.3, -0.25) is 0 Å². The second-order valence-electron chi connectivity index (χ2n) is 10.4. The van der Waals surface area contributed by atoms with Crippen molar-refractivity contribution in [1.82, 2.24) is 5.32 Å². The summed E-state index contributed by atoms with van der Waals surface area (Å²) in [6, 6.07) is 22.5. The molecule has 0 unspecified atom stereocenters. The Morgan fingerprint density at radius 2 is 1.32 bits per heavy atom. The first-order chi connectivity index (χ1) is 16.3. The van der Waals surface area contributed by atoms with Crippen molar-refractivity contribution in [2.45, 2.75) is 97.6 Å². The summed E-state index contributed by atoms with van der Waals surface area (Å²) in [4.78, 5) is 0. The molecule has 0 aliphatic heterocycles. The second-order valence-corrected chi connectivity index (χ2v) is 15.8. The Bertz CT molecular complexity index is 691. The summed E-state index contributed by atoms with van der Waals surface area (Å²) in [6.45, 7) is 15.7. The van der Waals surface area contributed by atoms with Gasteiger partial charge in [-0.15, -0.1) is 0 Å². The summed E-state index contributed by atoms with van der Waals surface area (Å²) in [5.74, 6) is 0. The highest BCUT2D eigenvalue weighted by Gasteiger charge is 2.49. The number of rotatable bonds is 14. The lowest BCUT2D eigenvalue weighted by Crippen LogP contribution is -2.66. The lowest BCUT2D eigenvalue weighted by molar-refractivity contribution is 0.288. The number of hydrogen-bond acceptors (Lipinski definition) is 2. The van der Waals surface area contributed by atoms with Crippen molar-refractivity contribution in [2.75, 3.05) is 17.6 Å². The zero-order chi connectivity index (χ0) is 25.3. The van der Waals surface area contributed by atoms with Crippen LogP contribution in [0.3, 0.4) is 0 Å². The molecule has 0 spiro atoms. The van der Waals surface area contributed by atoms with Gasteiger partial charge in [0.15, 0.2) is 0 Å². The first-order valence-corrected chi connectivity index (χ1v) is 16.8. The molecule has 0 aromatic heterocycles. The van der Waals surface area contributed by atoms with Crippen molar-refractivity contribution < 1.29 is 4.43 Å². The smallest absolute Gasteiger partial charge is 0.261 e. The van der Waals surface area contributed by atoms with Crippen LogP contribution in [0.25, 0.3) is 0 Å². The molecule has 0 radical (unpaired) electrons. The van der Waals surface area contributed by atoms with Crippen LogP contribution in [0.1, 0.15) is 86.5 Å². The molecular weight excluding hydrogens is 545 g/mol. The van der Waals surface area contributed by atoms with Gasteiger partial charge in [0.2, 0.25) is 0 Å². The van der Waals surface area contributed by atoms with E-state index in [0.29, 0.717) is 6.04 Å². The molecule has 2 aromatic rings. The minimum Gasteiger partial charge on any atom is -0.407 e. The first-order valence-electron chi connectivity index (χ1n) is 13.3. The third-order valence-electron chi connectivity index (χ3n) is 6.10. The minimum absolute atomic E-state index is 0.0823. The van der Waals surface area contributed by atoms with Gasteiger partial charge in [-0.25, -0.2) is 0 Å². The number of halogens is 1. The molecule has 2 nitrogen and oxygen atoms in total. The molecule has 1 N–H and O–H groups in total. The number of nitrogens with one attached hydrogen (secondary N) is 1. The van der Waals surface area contributed by atoms with Gasteiger partial charge in [0.05, 0.1) is 0 Å². The van der Waals surface area contributed by atoms with Gasteiger partial charge in [0.1, 0.15) is 0 Å². The molecule has 0 saturated carbocycles. The lowest BCUT2D eigenvalue weighted by Gasteiger charge is -2.43. The fraction of sp³-hybridized carbons (Fsp3) is 0.600. The normalized spacial score (nSPS) is 11.9. The third kappa shape index (κ3) is 10.9. The molecule has 0 saturated heterocycles. The summed E-state index contributed by atoms with van der Waals surface area (Å²) in [7, 11) is -2.31. The molecule has 0 bridgehead atoms. The summed E-state index contributed by atoms with van der Waals surface area (Å²) in [5.41, 5.74) is 0. The first kappa shape index (κ1) is 31.3. The van der Waals surface area contributed by atoms with E-state index in [4.69, 9.17) is 4.43 Å². The Hall–Kier alpha value is -0.693. The lowest BCUT2D eigenvalue weighted by atomic mass is 10.2. The highest BCUT2D eigenvalue weighted by Crippen LogP contribution is 2.36. The van der Waals surface area contributed by atoms with Gasteiger partial charge < -0.3 is 9.74 Å².